The van der Waals surface area contributed by atoms with E-state index in [1.807, 2.05) is 0 Å². The van der Waals surface area contributed by atoms with Crippen molar-refractivity contribution in [2.75, 3.05) is 31.6 Å². The van der Waals surface area contributed by atoms with Crippen LogP contribution in [0.3, 0.4) is 0 Å². The van der Waals surface area contributed by atoms with Crippen LogP contribution >= 0.6 is 0 Å². The van der Waals surface area contributed by atoms with Gasteiger partial charge in [-0.25, -0.2) is 0 Å². The van der Waals surface area contributed by atoms with Crippen molar-refractivity contribution in [1.29, 1.82) is 0 Å². The molecule has 1 aromatic carbocycles. The highest BCUT2D eigenvalue weighted by atomic mass is 16.5. The molecule has 2 atom stereocenters. The monoisotopic (exact) mass is 346 g/mol. The lowest BCUT2D eigenvalue weighted by Gasteiger charge is -2.32. The van der Waals surface area contributed by atoms with E-state index in [-0.39, 0.29) is 24.8 Å². The molecule has 1 N–H and O–H groups in total. The highest BCUT2D eigenvalue weighted by Gasteiger charge is 2.39. The number of amides is 2. The zero-order chi connectivity index (χ0) is 18.0. The molecule has 3 rings (SSSR count). The molecule has 2 aliphatic heterocycles. The van der Waals surface area contributed by atoms with Crippen molar-refractivity contribution < 1.29 is 24.2 Å². The quantitative estimate of drug-likeness (QED) is 0.890. The summed E-state index contributed by atoms with van der Waals surface area (Å²) in [6, 6.07) is 7.15. The third-order valence-electron chi connectivity index (χ3n) is 4.94. The maximum absolute atomic E-state index is 12.7. The van der Waals surface area contributed by atoms with Crippen molar-refractivity contribution in [2.45, 2.75) is 19.3 Å². The molecule has 0 spiro atoms. The maximum Gasteiger partial charge on any atom is 0.308 e. The predicted molar refractivity (Wildman–Crippen MR) is 90.4 cm³/mol. The number of hydrogen-bond donors (Lipinski definition) is 1. The summed E-state index contributed by atoms with van der Waals surface area (Å²) in [5, 5.41) is 9.17. The van der Waals surface area contributed by atoms with Gasteiger partial charge in [0.05, 0.1) is 18.9 Å². The lowest BCUT2D eigenvalue weighted by molar-refractivity contribution is -0.146. The van der Waals surface area contributed by atoms with Crippen LogP contribution in [-0.4, -0.2) is 54.5 Å². The van der Waals surface area contributed by atoms with Crippen LogP contribution in [0.4, 0.5) is 5.69 Å². The van der Waals surface area contributed by atoms with Gasteiger partial charge in [0.15, 0.2) is 0 Å². The Labute approximate surface area is 146 Å². The summed E-state index contributed by atoms with van der Waals surface area (Å²) in [7, 11) is 1.58. The highest BCUT2D eigenvalue weighted by Crippen LogP contribution is 2.29. The summed E-state index contributed by atoms with van der Waals surface area (Å²) in [5.41, 5.74) is 0.739. The lowest BCUT2D eigenvalue weighted by Crippen LogP contribution is -2.45. The third kappa shape index (κ3) is 3.60. The number of benzene rings is 1. The average Bonchev–Trinajstić information content (AvgIpc) is 3.03. The Morgan fingerprint density at radius 3 is 2.52 bits per heavy atom. The second-order valence-electron chi connectivity index (χ2n) is 6.57. The van der Waals surface area contributed by atoms with E-state index in [0.717, 1.165) is 5.69 Å². The maximum atomic E-state index is 12.7. The summed E-state index contributed by atoms with van der Waals surface area (Å²) >= 11 is 0. The highest BCUT2D eigenvalue weighted by molar-refractivity contribution is 6.00. The topological polar surface area (TPSA) is 87.2 Å². The van der Waals surface area contributed by atoms with Gasteiger partial charge in [-0.15, -0.1) is 0 Å². The van der Waals surface area contributed by atoms with E-state index in [1.165, 1.54) is 0 Å². The molecule has 1 aromatic rings. The molecule has 2 heterocycles. The molecule has 7 heteroatoms. The van der Waals surface area contributed by atoms with Crippen LogP contribution < -0.4 is 9.64 Å². The summed E-state index contributed by atoms with van der Waals surface area (Å²) in [4.78, 5) is 39.4. The SMILES string of the molecule is COc1ccc(N2C[C@H](C(=O)N3CCC[C@H](C(=O)O)C3)CC2=O)cc1. The van der Waals surface area contributed by atoms with Crippen molar-refractivity contribution >= 4 is 23.5 Å². The van der Waals surface area contributed by atoms with Crippen molar-refractivity contribution in [1.82, 2.24) is 4.90 Å². The Balaban J connectivity index is 1.66. The fraction of sp³-hybridized carbons (Fsp3) is 0.500. The summed E-state index contributed by atoms with van der Waals surface area (Å²) in [5.74, 6) is -1.28. The van der Waals surface area contributed by atoms with Crippen molar-refractivity contribution in [3.8, 4) is 5.75 Å². The number of piperidine rings is 1. The van der Waals surface area contributed by atoms with Crippen LogP contribution in [0, 0.1) is 11.8 Å². The molecule has 134 valence electrons. The van der Waals surface area contributed by atoms with Crippen LogP contribution in [0.25, 0.3) is 0 Å². The fourth-order valence-corrected chi connectivity index (χ4v) is 3.52. The molecule has 0 aliphatic carbocycles. The molecular formula is C18H22N2O5. The lowest BCUT2D eigenvalue weighted by atomic mass is 9.96. The van der Waals surface area contributed by atoms with Gasteiger partial charge in [-0.3, -0.25) is 14.4 Å². The molecule has 0 bridgehead atoms. The number of aliphatic carboxylic acids is 1. The minimum atomic E-state index is -0.861. The first-order chi connectivity index (χ1) is 12.0. The van der Waals surface area contributed by atoms with Crippen molar-refractivity contribution in [3.63, 3.8) is 0 Å². The summed E-state index contributed by atoms with van der Waals surface area (Å²) < 4.78 is 5.11. The number of carbonyl (C=O) groups excluding carboxylic acids is 2. The third-order valence-corrected chi connectivity index (χ3v) is 4.94. The number of carbonyl (C=O) groups is 3. The van der Waals surface area contributed by atoms with Gasteiger partial charge >= 0.3 is 5.97 Å². The number of likely N-dealkylation sites (tertiary alicyclic amines) is 1. The molecule has 2 amide bonds. The first-order valence-electron chi connectivity index (χ1n) is 8.45. The number of rotatable bonds is 4. The Kier molecular flexibility index (Phi) is 4.92. The summed E-state index contributed by atoms with van der Waals surface area (Å²) in [6.07, 6.45) is 1.45. The number of anilines is 1. The molecule has 2 fully saturated rings. The van der Waals surface area contributed by atoms with E-state index in [4.69, 9.17) is 9.84 Å². The van der Waals surface area contributed by atoms with Gasteiger partial charge in [0, 0.05) is 31.7 Å². The van der Waals surface area contributed by atoms with Gasteiger partial charge in [-0.05, 0) is 37.1 Å². The normalized spacial score (nSPS) is 23.6. The van der Waals surface area contributed by atoms with E-state index in [9.17, 15) is 14.4 Å². The molecule has 0 saturated carbocycles. The van der Waals surface area contributed by atoms with E-state index < -0.39 is 17.8 Å². The van der Waals surface area contributed by atoms with Gasteiger partial charge in [0.1, 0.15) is 5.75 Å². The van der Waals surface area contributed by atoms with Crippen LogP contribution in [0.15, 0.2) is 24.3 Å². The van der Waals surface area contributed by atoms with Gasteiger partial charge < -0.3 is 19.6 Å². The van der Waals surface area contributed by atoms with Crippen LogP contribution in [0.2, 0.25) is 0 Å². The van der Waals surface area contributed by atoms with Crippen molar-refractivity contribution in [3.05, 3.63) is 24.3 Å². The Morgan fingerprint density at radius 2 is 1.88 bits per heavy atom. The average molecular weight is 346 g/mol. The van der Waals surface area contributed by atoms with Crippen LogP contribution in [-0.2, 0) is 14.4 Å². The molecule has 25 heavy (non-hydrogen) atoms. The van der Waals surface area contributed by atoms with E-state index in [2.05, 4.69) is 0 Å². The first kappa shape index (κ1) is 17.3. The Bertz CT molecular complexity index is 673. The van der Waals surface area contributed by atoms with Crippen molar-refractivity contribution in [2.24, 2.45) is 11.8 Å². The zero-order valence-corrected chi connectivity index (χ0v) is 14.2. The van der Waals surface area contributed by atoms with E-state index >= 15 is 0 Å². The van der Waals surface area contributed by atoms with Gasteiger partial charge in [-0.2, -0.15) is 0 Å². The molecule has 0 unspecified atom stereocenters. The number of nitrogens with zero attached hydrogens (tertiary/aromatic N) is 2. The Hall–Kier alpha value is -2.57. The second-order valence-corrected chi connectivity index (χ2v) is 6.57. The molecule has 2 saturated heterocycles. The smallest absolute Gasteiger partial charge is 0.308 e. The van der Waals surface area contributed by atoms with Gasteiger partial charge in [0.2, 0.25) is 11.8 Å². The predicted octanol–water partition coefficient (Wildman–Crippen LogP) is 1.37. The number of methoxy groups -OCH3 is 1. The Morgan fingerprint density at radius 1 is 1.16 bits per heavy atom. The number of ether oxygens (including phenoxy) is 1. The largest absolute Gasteiger partial charge is 0.497 e. The first-order valence-corrected chi connectivity index (χ1v) is 8.45. The minimum Gasteiger partial charge on any atom is -0.497 e. The van der Waals surface area contributed by atoms with E-state index in [0.29, 0.717) is 31.7 Å². The number of hydrogen-bond acceptors (Lipinski definition) is 4. The van der Waals surface area contributed by atoms with E-state index in [1.54, 1.807) is 41.2 Å². The molecule has 0 aromatic heterocycles. The standard InChI is InChI=1S/C18H22N2O5/c1-25-15-6-4-14(5-7-15)20-11-13(9-16(20)21)17(22)19-8-2-3-12(10-19)18(23)24/h4-7,12-13H,2-3,8-11H2,1H3,(H,23,24)/t12-,13+/m0/s1. The number of carboxylic acid groups (broad SMARTS) is 1. The molecule has 7 nitrogen and oxygen atoms in total. The van der Waals surface area contributed by atoms with Crippen LogP contribution in [0.5, 0.6) is 5.75 Å². The zero-order valence-electron chi connectivity index (χ0n) is 14.2. The minimum absolute atomic E-state index is 0.0877. The fourth-order valence-electron chi connectivity index (χ4n) is 3.52. The molecule has 2 aliphatic rings. The molecule has 0 radical (unpaired) electrons. The molecular weight excluding hydrogens is 324 g/mol. The van der Waals surface area contributed by atoms with Gasteiger partial charge in [-0.1, -0.05) is 0 Å². The second kappa shape index (κ2) is 7.13. The summed E-state index contributed by atoms with van der Waals surface area (Å²) in [6.45, 7) is 1.13. The number of carboxylic acids is 1. The van der Waals surface area contributed by atoms with Gasteiger partial charge in [0.25, 0.3) is 0 Å². The van der Waals surface area contributed by atoms with Crippen LogP contribution in [0.1, 0.15) is 19.3 Å².